The average Bonchev–Trinajstić information content (AvgIpc) is 2.53. The highest BCUT2D eigenvalue weighted by atomic mass is 16.5. The van der Waals surface area contributed by atoms with Crippen molar-refractivity contribution in [2.75, 3.05) is 0 Å². The van der Waals surface area contributed by atoms with Crippen LogP contribution in [0.5, 0.6) is 11.5 Å². The van der Waals surface area contributed by atoms with E-state index in [0.717, 1.165) is 5.56 Å². The van der Waals surface area contributed by atoms with Crippen molar-refractivity contribution < 1.29 is 19.1 Å². The summed E-state index contributed by atoms with van der Waals surface area (Å²) in [6.07, 6.45) is 0. The van der Waals surface area contributed by atoms with Crippen molar-refractivity contribution in [3.8, 4) is 11.5 Å². The summed E-state index contributed by atoms with van der Waals surface area (Å²) >= 11 is 0. The lowest BCUT2D eigenvalue weighted by Crippen LogP contribution is -2.26. The van der Waals surface area contributed by atoms with Crippen molar-refractivity contribution in [1.29, 1.82) is 0 Å². The summed E-state index contributed by atoms with van der Waals surface area (Å²) in [4.78, 5) is 24.0. The van der Waals surface area contributed by atoms with Gasteiger partial charge in [-0.05, 0) is 34.6 Å². The molecule has 2 aromatic carbocycles. The summed E-state index contributed by atoms with van der Waals surface area (Å²) in [7, 11) is 0. The van der Waals surface area contributed by atoms with E-state index in [-0.39, 0.29) is 5.41 Å². The number of hydrogen-bond donors (Lipinski definition) is 0. The van der Waals surface area contributed by atoms with Crippen LogP contribution in [0.3, 0.4) is 0 Å². The number of carbonyl (C=O) groups excluding carboxylic acids is 2. The maximum Gasteiger partial charge on any atom is 0.423 e. The van der Waals surface area contributed by atoms with Crippen molar-refractivity contribution in [1.82, 2.24) is 0 Å². The lowest BCUT2D eigenvalue weighted by Gasteiger charge is -2.30. The Morgan fingerprint density at radius 2 is 1.50 bits per heavy atom. The molecule has 2 rings (SSSR count). The largest absolute Gasteiger partial charge is 0.423 e. The molecule has 0 heterocycles. The highest BCUT2D eigenvalue weighted by molar-refractivity contribution is 5.96. The Kier molecular flexibility index (Phi) is 5.55. The van der Waals surface area contributed by atoms with Crippen molar-refractivity contribution in [3.05, 3.63) is 59.2 Å². The molecule has 0 spiro atoms. The van der Waals surface area contributed by atoms with Crippen LogP contribution in [0.4, 0.5) is 0 Å². The molecule has 0 bridgehead atoms. The van der Waals surface area contributed by atoms with E-state index in [2.05, 4.69) is 0 Å². The summed E-state index contributed by atoms with van der Waals surface area (Å²) in [6, 6.07) is 12.4. The fraction of sp³-hybridized carbons (Fsp3) is 0.364. The Balaban J connectivity index is 2.71. The maximum atomic E-state index is 13.1. The van der Waals surface area contributed by atoms with Crippen molar-refractivity contribution in [2.45, 2.75) is 52.4 Å². The third-order valence-electron chi connectivity index (χ3n) is 4.03. The lowest BCUT2D eigenvalue weighted by molar-refractivity contribution is 0.0729. The maximum absolute atomic E-state index is 13.1. The fourth-order valence-electron chi connectivity index (χ4n) is 2.94. The minimum absolute atomic E-state index is 0.297. The van der Waals surface area contributed by atoms with Crippen LogP contribution in [0.1, 0.15) is 63.0 Å². The predicted octanol–water partition coefficient (Wildman–Crippen LogP) is 4.95. The second-order valence-corrected chi connectivity index (χ2v) is 8.25. The molecule has 0 fully saturated rings. The van der Waals surface area contributed by atoms with E-state index in [0.29, 0.717) is 22.6 Å². The molecule has 0 saturated heterocycles. The van der Waals surface area contributed by atoms with E-state index >= 15 is 0 Å². The summed E-state index contributed by atoms with van der Waals surface area (Å²) in [5.41, 5.74) is 1.16. The molecular weight excluding hydrogens is 328 g/mol. The van der Waals surface area contributed by atoms with Gasteiger partial charge >= 0.3 is 12.4 Å². The molecule has 137 valence electrons. The Morgan fingerprint density at radius 3 is 2.00 bits per heavy atom. The first-order chi connectivity index (χ1) is 12.1. The van der Waals surface area contributed by atoms with Gasteiger partial charge in [-0.2, -0.15) is 0 Å². The second-order valence-electron chi connectivity index (χ2n) is 8.25. The van der Waals surface area contributed by atoms with Gasteiger partial charge in [0.1, 0.15) is 11.5 Å². The molecule has 26 heavy (non-hydrogen) atoms. The van der Waals surface area contributed by atoms with Crippen LogP contribution < -0.4 is 9.47 Å². The van der Waals surface area contributed by atoms with Gasteiger partial charge in [0.2, 0.25) is 0 Å². The predicted molar refractivity (Wildman–Crippen MR) is 102 cm³/mol. The van der Waals surface area contributed by atoms with E-state index in [4.69, 9.17) is 9.47 Å². The Hall–Kier alpha value is -2.62. The van der Waals surface area contributed by atoms with Gasteiger partial charge in [-0.3, -0.25) is 0 Å². The van der Waals surface area contributed by atoms with Gasteiger partial charge in [0, 0.05) is 5.56 Å². The Labute approximate surface area is 155 Å². The van der Waals surface area contributed by atoms with Crippen LogP contribution in [0, 0.1) is 0 Å². The number of carbonyl (C=O) groups is 1. The highest BCUT2D eigenvalue weighted by Gasteiger charge is 2.33. The molecule has 4 heteroatoms. The van der Waals surface area contributed by atoms with Crippen LogP contribution in [-0.2, 0) is 15.6 Å². The number of benzene rings is 2. The normalized spacial score (nSPS) is 11.8. The zero-order valence-corrected chi connectivity index (χ0v) is 16.2. The third kappa shape index (κ3) is 4.31. The monoisotopic (exact) mass is 353 g/mol. The SMILES string of the molecule is CC(C)(C)c1ccc(O[C]=O)c(C(C)(C)C)c1C(=O)Oc1ccccc1. The molecule has 0 amide bonds. The van der Waals surface area contributed by atoms with Crippen molar-refractivity contribution in [2.24, 2.45) is 0 Å². The van der Waals surface area contributed by atoms with Gasteiger partial charge in [0.15, 0.2) is 0 Å². The molecule has 0 aliphatic heterocycles. The van der Waals surface area contributed by atoms with E-state index < -0.39 is 11.4 Å². The lowest BCUT2D eigenvalue weighted by atomic mass is 9.75. The smallest absolute Gasteiger partial charge is 0.423 e. The third-order valence-corrected chi connectivity index (χ3v) is 4.03. The van der Waals surface area contributed by atoms with Gasteiger partial charge in [0.25, 0.3) is 0 Å². The zero-order valence-electron chi connectivity index (χ0n) is 16.2. The topological polar surface area (TPSA) is 52.6 Å². The van der Waals surface area contributed by atoms with Gasteiger partial charge in [-0.25, -0.2) is 9.59 Å². The van der Waals surface area contributed by atoms with Crippen molar-refractivity contribution >= 4 is 12.4 Å². The first kappa shape index (κ1) is 19.7. The standard InChI is InChI=1S/C22H25O4/c1-21(2,3)16-12-13-17(25-14-23)19(22(4,5)6)18(16)20(24)26-15-10-8-7-9-11-15/h7-13H,1-6H3. The van der Waals surface area contributed by atoms with E-state index in [9.17, 15) is 9.59 Å². The van der Waals surface area contributed by atoms with Crippen LogP contribution >= 0.6 is 0 Å². The quantitative estimate of drug-likeness (QED) is 0.577. The summed E-state index contributed by atoms with van der Waals surface area (Å²) in [6.45, 7) is 13.4. The molecule has 0 aliphatic carbocycles. The first-order valence-corrected chi connectivity index (χ1v) is 8.55. The molecule has 0 atom stereocenters. The summed E-state index contributed by atoms with van der Waals surface area (Å²) < 4.78 is 10.7. The van der Waals surface area contributed by atoms with Crippen LogP contribution in [-0.4, -0.2) is 12.4 Å². The second kappa shape index (κ2) is 7.32. The van der Waals surface area contributed by atoms with Crippen LogP contribution in [0.25, 0.3) is 0 Å². The number of esters is 1. The van der Waals surface area contributed by atoms with Gasteiger partial charge in [-0.15, -0.1) is 0 Å². The van der Waals surface area contributed by atoms with Gasteiger partial charge in [-0.1, -0.05) is 65.8 Å². The fourth-order valence-corrected chi connectivity index (χ4v) is 2.94. The minimum atomic E-state index is -0.470. The molecule has 0 saturated carbocycles. The number of ether oxygens (including phenoxy) is 2. The van der Waals surface area contributed by atoms with Crippen LogP contribution in [0.15, 0.2) is 42.5 Å². The molecule has 0 N–H and O–H groups in total. The van der Waals surface area contributed by atoms with Crippen molar-refractivity contribution in [3.63, 3.8) is 0 Å². The Bertz CT molecular complexity index is 793. The van der Waals surface area contributed by atoms with Gasteiger partial charge < -0.3 is 9.47 Å². The summed E-state index contributed by atoms with van der Waals surface area (Å²) in [5, 5.41) is 0. The Morgan fingerprint density at radius 1 is 0.885 bits per heavy atom. The molecule has 0 aromatic heterocycles. The minimum Gasteiger partial charge on any atom is -0.423 e. The van der Waals surface area contributed by atoms with Crippen LogP contribution in [0.2, 0.25) is 0 Å². The number of hydrogen-bond acceptors (Lipinski definition) is 4. The number of para-hydroxylation sites is 1. The molecule has 0 aliphatic rings. The molecular formula is C22H25O4. The zero-order chi connectivity index (χ0) is 19.5. The average molecular weight is 353 g/mol. The molecule has 2 aromatic rings. The summed E-state index contributed by atoms with van der Waals surface area (Å²) in [5.74, 6) is 0.313. The van der Waals surface area contributed by atoms with Gasteiger partial charge in [0.05, 0.1) is 5.56 Å². The van der Waals surface area contributed by atoms with E-state index in [1.54, 1.807) is 30.3 Å². The highest BCUT2D eigenvalue weighted by Crippen LogP contribution is 2.40. The molecule has 0 unspecified atom stereocenters. The number of rotatable bonds is 4. The van der Waals surface area contributed by atoms with E-state index in [1.807, 2.05) is 53.7 Å². The molecule has 1 radical (unpaired) electrons. The molecule has 4 nitrogen and oxygen atoms in total. The first-order valence-electron chi connectivity index (χ1n) is 8.55. The van der Waals surface area contributed by atoms with E-state index in [1.165, 1.54) is 6.47 Å².